The number of rotatable bonds is 9. The molecule has 5 nitrogen and oxygen atoms in total. The number of hydrogen-bond donors (Lipinski definition) is 3. The first kappa shape index (κ1) is 22.6. The summed E-state index contributed by atoms with van der Waals surface area (Å²) in [5.74, 6) is -0.0874. The van der Waals surface area contributed by atoms with E-state index < -0.39 is 0 Å². The lowest BCUT2D eigenvalue weighted by Crippen LogP contribution is -2.20. The van der Waals surface area contributed by atoms with Crippen LogP contribution in [0.1, 0.15) is 30.7 Å². The third-order valence-corrected chi connectivity index (χ3v) is 4.90. The van der Waals surface area contributed by atoms with E-state index in [4.69, 9.17) is 5.73 Å². The minimum absolute atomic E-state index is 0.0874. The molecule has 6 heteroatoms. The highest BCUT2D eigenvalue weighted by atomic mass is 32.1. The highest BCUT2D eigenvalue weighted by Gasteiger charge is 2.07. The summed E-state index contributed by atoms with van der Waals surface area (Å²) in [6.07, 6.45) is 2.23. The van der Waals surface area contributed by atoms with Crippen molar-refractivity contribution < 1.29 is 4.79 Å². The minimum Gasteiger partial charge on any atom is -0.375 e. The van der Waals surface area contributed by atoms with Gasteiger partial charge in [0.05, 0.1) is 12.1 Å². The summed E-state index contributed by atoms with van der Waals surface area (Å²) in [5, 5.41) is 8.66. The average Bonchev–Trinajstić information content (AvgIpc) is 3.15. The zero-order chi connectivity index (χ0) is 20.9. The van der Waals surface area contributed by atoms with Crippen LogP contribution in [0.3, 0.4) is 0 Å². The summed E-state index contributed by atoms with van der Waals surface area (Å²) in [4.78, 5) is 16.1. The van der Waals surface area contributed by atoms with Gasteiger partial charge in [-0.25, -0.2) is 4.98 Å². The monoisotopic (exact) mass is 410 g/mol. The molecule has 2 aromatic carbocycles. The van der Waals surface area contributed by atoms with Gasteiger partial charge in [-0.2, -0.15) is 0 Å². The maximum Gasteiger partial charge on any atom is 0.230 e. The largest absolute Gasteiger partial charge is 0.375 e. The Morgan fingerprint density at radius 2 is 1.59 bits per heavy atom. The van der Waals surface area contributed by atoms with Crippen molar-refractivity contribution in [1.29, 1.82) is 0 Å². The van der Waals surface area contributed by atoms with E-state index in [-0.39, 0.29) is 12.3 Å². The third kappa shape index (κ3) is 8.46. The van der Waals surface area contributed by atoms with Gasteiger partial charge < -0.3 is 16.4 Å². The number of amides is 1. The van der Waals surface area contributed by atoms with Crippen LogP contribution in [0.15, 0.2) is 60.0 Å². The summed E-state index contributed by atoms with van der Waals surface area (Å²) in [6.45, 7) is 5.91. The molecule has 29 heavy (non-hydrogen) atoms. The second kappa shape index (κ2) is 12.7. The lowest BCUT2D eigenvalue weighted by atomic mass is 10.1. The van der Waals surface area contributed by atoms with E-state index in [2.05, 4.69) is 52.0 Å². The standard InChI is InChI=1S/C21H24N4OS.C2H6/c22-21-25-19(15-27-21)14-20(26)24-18-8-6-17(7-9-18)11-13-23-12-10-16-4-2-1-3-5-16;1-2/h1-9,15,23H,10-14H2,(H2,22,25)(H,24,26);1-2H3. The molecule has 0 spiro atoms. The van der Waals surface area contributed by atoms with Crippen LogP contribution in [0.5, 0.6) is 0 Å². The normalized spacial score (nSPS) is 10.1. The van der Waals surface area contributed by atoms with E-state index in [0.717, 1.165) is 31.6 Å². The van der Waals surface area contributed by atoms with E-state index >= 15 is 0 Å². The second-order valence-corrected chi connectivity index (χ2v) is 7.22. The van der Waals surface area contributed by atoms with Crippen molar-refractivity contribution in [2.75, 3.05) is 24.1 Å². The van der Waals surface area contributed by atoms with Crippen LogP contribution in [0.2, 0.25) is 0 Å². The van der Waals surface area contributed by atoms with Crippen molar-refractivity contribution in [3.05, 3.63) is 76.8 Å². The van der Waals surface area contributed by atoms with E-state index in [1.165, 1.54) is 22.5 Å². The number of nitrogen functional groups attached to an aromatic ring is 1. The molecule has 3 rings (SSSR count). The Balaban J connectivity index is 0.00000145. The van der Waals surface area contributed by atoms with Gasteiger partial charge in [0.25, 0.3) is 0 Å². The van der Waals surface area contributed by atoms with Crippen LogP contribution in [-0.4, -0.2) is 24.0 Å². The molecule has 0 fully saturated rings. The minimum atomic E-state index is -0.0874. The molecule has 0 atom stereocenters. The van der Waals surface area contributed by atoms with Crippen LogP contribution < -0.4 is 16.4 Å². The molecule has 0 radical (unpaired) electrons. The number of carbonyl (C=O) groups excluding carboxylic acids is 1. The van der Waals surface area contributed by atoms with Gasteiger partial charge in [-0.3, -0.25) is 4.79 Å². The van der Waals surface area contributed by atoms with Gasteiger partial charge in [0.1, 0.15) is 0 Å². The molecule has 0 saturated heterocycles. The van der Waals surface area contributed by atoms with Gasteiger partial charge in [0, 0.05) is 11.1 Å². The Labute approximate surface area is 177 Å². The molecule has 0 aliphatic heterocycles. The molecule has 0 aliphatic rings. The van der Waals surface area contributed by atoms with Gasteiger partial charge in [-0.1, -0.05) is 56.3 Å². The van der Waals surface area contributed by atoms with Gasteiger partial charge >= 0.3 is 0 Å². The highest BCUT2D eigenvalue weighted by molar-refractivity contribution is 7.13. The lowest BCUT2D eigenvalue weighted by Gasteiger charge is -2.07. The summed E-state index contributed by atoms with van der Waals surface area (Å²) in [7, 11) is 0. The van der Waals surface area contributed by atoms with Crippen molar-refractivity contribution >= 4 is 28.1 Å². The van der Waals surface area contributed by atoms with Crippen LogP contribution >= 0.6 is 11.3 Å². The number of benzene rings is 2. The van der Waals surface area contributed by atoms with Gasteiger partial charge in [0.2, 0.25) is 5.91 Å². The number of anilines is 2. The molecule has 0 saturated carbocycles. The highest BCUT2D eigenvalue weighted by Crippen LogP contribution is 2.13. The number of aromatic nitrogens is 1. The molecular formula is C23H30N4OS. The first-order valence-electron chi connectivity index (χ1n) is 10.0. The van der Waals surface area contributed by atoms with Crippen molar-refractivity contribution in [1.82, 2.24) is 10.3 Å². The molecule has 1 heterocycles. The molecule has 154 valence electrons. The number of nitrogens with zero attached hydrogens (tertiary/aromatic N) is 1. The number of carbonyl (C=O) groups is 1. The summed E-state index contributed by atoms with van der Waals surface area (Å²) < 4.78 is 0. The molecular weight excluding hydrogens is 380 g/mol. The molecule has 0 aliphatic carbocycles. The van der Waals surface area contributed by atoms with Crippen LogP contribution in [0.4, 0.5) is 10.8 Å². The van der Waals surface area contributed by atoms with Crippen molar-refractivity contribution in [2.45, 2.75) is 33.1 Å². The summed E-state index contributed by atoms with van der Waals surface area (Å²) in [6, 6.07) is 18.5. The lowest BCUT2D eigenvalue weighted by molar-refractivity contribution is -0.115. The van der Waals surface area contributed by atoms with Gasteiger partial charge in [0.15, 0.2) is 5.13 Å². The van der Waals surface area contributed by atoms with Gasteiger partial charge in [-0.15, -0.1) is 11.3 Å². The fraction of sp³-hybridized carbons (Fsp3) is 0.304. The molecule has 1 amide bonds. The molecule has 0 unspecified atom stereocenters. The van der Waals surface area contributed by atoms with Crippen molar-refractivity contribution in [3.8, 4) is 0 Å². The maximum atomic E-state index is 12.0. The fourth-order valence-corrected chi connectivity index (χ4v) is 3.33. The Bertz CT molecular complexity index is 847. The van der Waals surface area contributed by atoms with E-state index in [0.29, 0.717) is 10.8 Å². The zero-order valence-electron chi connectivity index (χ0n) is 17.2. The zero-order valence-corrected chi connectivity index (χ0v) is 18.0. The Kier molecular flexibility index (Phi) is 9.89. The predicted octanol–water partition coefficient (Wildman–Crippen LogP) is 4.31. The molecule has 3 aromatic rings. The van der Waals surface area contributed by atoms with Gasteiger partial charge in [-0.05, 0) is 49.2 Å². The third-order valence-electron chi connectivity index (χ3n) is 4.17. The molecule has 0 bridgehead atoms. The van der Waals surface area contributed by atoms with E-state index in [1.807, 2.05) is 37.4 Å². The summed E-state index contributed by atoms with van der Waals surface area (Å²) in [5.41, 5.74) is 9.68. The second-order valence-electron chi connectivity index (χ2n) is 6.33. The number of hydrogen-bond acceptors (Lipinski definition) is 5. The molecule has 1 aromatic heterocycles. The first-order valence-corrected chi connectivity index (χ1v) is 10.9. The topological polar surface area (TPSA) is 80.0 Å². The van der Waals surface area contributed by atoms with Crippen LogP contribution in [0.25, 0.3) is 0 Å². The first-order chi connectivity index (χ1) is 14.2. The van der Waals surface area contributed by atoms with Crippen LogP contribution in [-0.2, 0) is 24.1 Å². The van der Waals surface area contributed by atoms with Crippen molar-refractivity contribution in [2.24, 2.45) is 0 Å². The van der Waals surface area contributed by atoms with Crippen LogP contribution in [0, 0.1) is 0 Å². The number of thiazole rings is 1. The SMILES string of the molecule is CC.Nc1nc(CC(=O)Nc2ccc(CCNCCc3ccccc3)cc2)cs1. The maximum absolute atomic E-state index is 12.0. The smallest absolute Gasteiger partial charge is 0.230 e. The summed E-state index contributed by atoms with van der Waals surface area (Å²) >= 11 is 1.35. The Hall–Kier alpha value is -2.70. The predicted molar refractivity (Wildman–Crippen MR) is 123 cm³/mol. The van der Waals surface area contributed by atoms with Crippen molar-refractivity contribution in [3.63, 3.8) is 0 Å². The fourth-order valence-electron chi connectivity index (χ4n) is 2.76. The Morgan fingerprint density at radius 1 is 0.966 bits per heavy atom. The van der Waals surface area contributed by atoms with E-state index in [9.17, 15) is 4.79 Å². The number of nitrogens with one attached hydrogen (secondary N) is 2. The van der Waals surface area contributed by atoms with E-state index in [1.54, 1.807) is 0 Å². The quantitative estimate of drug-likeness (QED) is 0.459. The number of nitrogens with two attached hydrogens (primary N) is 1. The average molecular weight is 411 g/mol. The molecule has 4 N–H and O–H groups in total. The Morgan fingerprint density at radius 3 is 2.17 bits per heavy atom.